The standard InChI is InChI=1S/C11H4Cl3F3N2/c12-6-1-7(13)9(8(14)2-6)10-18-3-5(4-19-10)11(15,16)17/h1-4H. The molecule has 19 heavy (non-hydrogen) atoms. The number of hydrogen-bond acceptors (Lipinski definition) is 2. The molecule has 2 aromatic rings. The first-order chi connectivity index (χ1) is 8.79. The molecule has 0 amide bonds. The summed E-state index contributed by atoms with van der Waals surface area (Å²) in [7, 11) is 0. The monoisotopic (exact) mass is 326 g/mol. The molecule has 1 heterocycles. The molecular formula is C11H4Cl3F3N2. The average Bonchev–Trinajstić information content (AvgIpc) is 2.27. The maximum atomic E-state index is 12.4. The molecule has 0 saturated carbocycles. The van der Waals surface area contributed by atoms with Crippen molar-refractivity contribution >= 4 is 34.8 Å². The molecule has 0 radical (unpaired) electrons. The van der Waals surface area contributed by atoms with Gasteiger partial charge in [-0.2, -0.15) is 13.2 Å². The van der Waals surface area contributed by atoms with Crippen molar-refractivity contribution in [3.63, 3.8) is 0 Å². The van der Waals surface area contributed by atoms with E-state index in [1.54, 1.807) is 0 Å². The summed E-state index contributed by atoms with van der Waals surface area (Å²) in [4.78, 5) is 7.25. The van der Waals surface area contributed by atoms with Crippen molar-refractivity contribution in [1.82, 2.24) is 9.97 Å². The minimum Gasteiger partial charge on any atom is -0.236 e. The molecule has 100 valence electrons. The SMILES string of the molecule is FC(F)(F)c1cnc(-c2c(Cl)cc(Cl)cc2Cl)nc1. The Balaban J connectivity index is 2.49. The van der Waals surface area contributed by atoms with E-state index in [4.69, 9.17) is 34.8 Å². The Morgan fingerprint density at radius 2 is 1.37 bits per heavy atom. The maximum Gasteiger partial charge on any atom is 0.419 e. The fourth-order valence-electron chi connectivity index (χ4n) is 1.36. The highest BCUT2D eigenvalue weighted by Gasteiger charge is 2.31. The number of rotatable bonds is 1. The molecule has 0 atom stereocenters. The van der Waals surface area contributed by atoms with Gasteiger partial charge in [-0.25, -0.2) is 9.97 Å². The summed E-state index contributed by atoms with van der Waals surface area (Å²) < 4.78 is 37.2. The maximum absolute atomic E-state index is 12.4. The summed E-state index contributed by atoms with van der Waals surface area (Å²) in [5.74, 6) is -0.000309. The van der Waals surface area contributed by atoms with E-state index >= 15 is 0 Å². The molecule has 0 N–H and O–H groups in total. The molecule has 1 aromatic carbocycles. The summed E-state index contributed by atoms with van der Waals surface area (Å²) in [6.45, 7) is 0. The summed E-state index contributed by atoms with van der Waals surface area (Å²) in [6, 6.07) is 2.82. The molecular weight excluding hydrogens is 323 g/mol. The zero-order valence-corrected chi connectivity index (χ0v) is 11.2. The number of hydrogen-bond donors (Lipinski definition) is 0. The van der Waals surface area contributed by atoms with E-state index in [1.165, 1.54) is 12.1 Å². The minimum atomic E-state index is -4.49. The zero-order chi connectivity index (χ0) is 14.2. The second-order valence-electron chi connectivity index (χ2n) is 3.54. The van der Waals surface area contributed by atoms with Gasteiger partial charge in [-0.1, -0.05) is 34.8 Å². The van der Waals surface area contributed by atoms with Crippen LogP contribution in [0.25, 0.3) is 11.4 Å². The van der Waals surface area contributed by atoms with Crippen molar-refractivity contribution in [2.75, 3.05) is 0 Å². The first-order valence-corrected chi connectivity index (χ1v) is 5.96. The van der Waals surface area contributed by atoms with Crippen molar-refractivity contribution in [2.45, 2.75) is 6.18 Å². The molecule has 1 aromatic heterocycles. The van der Waals surface area contributed by atoms with Gasteiger partial charge in [0.2, 0.25) is 0 Å². The van der Waals surface area contributed by atoms with Crippen LogP contribution < -0.4 is 0 Å². The fraction of sp³-hybridized carbons (Fsp3) is 0.0909. The Labute approximate surface area is 121 Å². The predicted octanol–water partition coefficient (Wildman–Crippen LogP) is 5.12. The Kier molecular flexibility index (Phi) is 3.90. The topological polar surface area (TPSA) is 25.8 Å². The third-order valence-corrected chi connectivity index (χ3v) is 3.02. The highest BCUT2D eigenvalue weighted by atomic mass is 35.5. The lowest BCUT2D eigenvalue weighted by Crippen LogP contribution is -2.06. The van der Waals surface area contributed by atoms with Crippen molar-refractivity contribution in [3.05, 3.63) is 45.2 Å². The van der Waals surface area contributed by atoms with E-state index in [0.717, 1.165) is 0 Å². The zero-order valence-electron chi connectivity index (χ0n) is 8.97. The lowest BCUT2D eigenvalue weighted by molar-refractivity contribution is -0.138. The third-order valence-electron chi connectivity index (χ3n) is 2.21. The minimum absolute atomic E-state index is 0.000309. The average molecular weight is 328 g/mol. The van der Waals surface area contributed by atoms with Gasteiger partial charge in [-0.15, -0.1) is 0 Å². The number of nitrogens with zero attached hydrogens (tertiary/aromatic N) is 2. The summed E-state index contributed by atoms with van der Waals surface area (Å²) in [6.07, 6.45) is -3.15. The van der Waals surface area contributed by atoms with Crippen LogP contribution in [0.4, 0.5) is 13.2 Å². The van der Waals surface area contributed by atoms with Crippen molar-refractivity contribution in [2.24, 2.45) is 0 Å². The molecule has 0 spiro atoms. The van der Waals surface area contributed by atoms with Gasteiger partial charge in [0.1, 0.15) is 0 Å². The van der Waals surface area contributed by atoms with Crippen molar-refractivity contribution in [3.8, 4) is 11.4 Å². The van der Waals surface area contributed by atoms with Crippen LogP contribution in [-0.2, 0) is 6.18 Å². The van der Waals surface area contributed by atoms with Crippen LogP contribution in [0, 0.1) is 0 Å². The van der Waals surface area contributed by atoms with Crippen LogP contribution in [0.15, 0.2) is 24.5 Å². The van der Waals surface area contributed by atoms with Gasteiger partial charge in [0.25, 0.3) is 0 Å². The predicted molar refractivity (Wildman–Crippen MR) is 67.5 cm³/mol. The van der Waals surface area contributed by atoms with E-state index < -0.39 is 11.7 Å². The first-order valence-electron chi connectivity index (χ1n) is 4.83. The number of benzene rings is 1. The summed E-state index contributed by atoms with van der Waals surface area (Å²) >= 11 is 17.6. The molecule has 0 bridgehead atoms. The second kappa shape index (κ2) is 5.15. The van der Waals surface area contributed by atoms with Crippen LogP contribution in [0.1, 0.15) is 5.56 Å². The molecule has 2 nitrogen and oxygen atoms in total. The summed E-state index contributed by atoms with van der Waals surface area (Å²) in [5.41, 5.74) is -0.709. The van der Waals surface area contributed by atoms with E-state index in [0.29, 0.717) is 17.4 Å². The molecule has 0 aliphatic rings. The number of halogens is 6. The van der Waals surface area contributed by atoms with Gasteiger partial charge >= 0.3 is 6.18 Å². The second-order valence-corrected chi connectivity index (χ2v) is 4.79. The van der Waals surface area contributed by atoms with Crippen molar-refractivity contribution in [1.29, 1.82) is 0 Å². The van der Waals surface area contributed by atoms with Crippen LogP contribution >= 0.6 is 34.8 Å². The highest BCUT2D eigenvalue weighted by molar-refractivity contribution is 6.41. The normalized spacial score (nSPS) is 11.7. The number of alkyl halides is 3. The largest absolute Gasteiger partial charge is 0.419 e. The molecule has 0 fully saturated rings. The van der Waals surface area contributed by atoms with Crippen LogP contribution in [-0.4, -0.2) is 9.97 Å². The van der Waals surface area contributed by atoms with Gasteiger partial charge < -0.3 is 0 Å². The molecule has 2 rings (SSSR count). The van der Waals surface area contributed by atoms with Crippen LogP contribution in [0.3, 0.4) is 0 Å². The Bertz CT molecular complexity index is 589. The van der Waals surface area contributed by atoms with Gasteiger partial charge in [-0.3, -0.25) is 0 Å². The van der Waals surface area contributed by atoms with Gasteiger partial charge in [0.15, 0.2) is 5.82 Å². The quantitative estimate of drug-likeness (QED) is 0.726. The molecule has 8 heteroatoms. The van der Waals surface area contributed by atoms with E-state index in [9.17, 15) is 13.2 Å². The van der Waals surface area contributed by atoms with Gasteiger partial charge in [0, 0.05) is 17.4 Å². The Morgan fingerprint density at radius 1 is 0.895 bits per heavy atom. The van der Waals surface area contributed by atoms with Crippen molar-refractivity contribution < 1.29 is 13.2 Å². The number of aromatic nitrogens is 2. The van der Waals surface area contributed by atoms with Crippen LogP contribution in [0.2, 0.25) is 15.1 Å². The van der Waals surface area contributed by atoms with E-state index in [1.807, 2.05) is 0 Å². The Hall–Kier alpha value is -1.04. The highest BCUT2D eigenvalue weighted by Crippen LogP contribution is 2.36. The van der Waals surface area contributed by atoms with Gasteiger partial charge in [-0.05, 0) is 12.1 Å². The summed E-state index contributed by atoms with van der Waals surface area (Å²) in [5, 5.41) is 0.639. The molecule has 0 saturated heterocycles. The molecule has 0 aliphatic heterocycles. The smallest absolute Gasteiger partial charge is 0.236 e. The first kappa shape index (κ1) is 14.4. The molecule has 0 aliphatic carbocycles. The lowest BCUT2D eigenvalue weighted by atomic mass is 10.2. The van der Waals surface area contributed by atoms with Gasteiger partial charge in [0.05, 0.1) is 21.2 Å². The fourth-order valence-corrected chi connectivity index (χ4v) is 2.35. The Morgan fingerprint density at radius 3 is 1.79 bits per heavy atom. The lowest BCUT2D eigenvalue weighted by Gasteiger charge is -2.08. The molecule has 0 unspecified atom stereocenters. The van der Waals surface area contributed by atoms with E-state index in [-0.39, 0.29) is 21.4 Å². The third kappa shape index (κ3) is 3.11. The van der Waals surface area contributed by atoms with E-state index in [2.05, 4.69) is 9.97 Å². The van der Waals surface area contributed by atoms with Crippen LogP contribution in [0.5, 0.6) is 0 Å².